The van der Waals surface area contributed by atoms with Gasteiger partial charge in [0.25, 0.3) is 0 Å². The van der Waals surface area contributed by atoms with Crippen LogP contribution < -0.4 is 5.73 Å². The first-order valence-corrected chi connectivity index (χ1v) is 7.84. The third kappa shape index (κ3) is 3.55. The van der Waals surface area contributed by atoms with Gasteiger partial charge in [0.15, 0.2) is 0 Å². The lowest BCUT2D eigenvalue weighted by molar-refractivity contribution is 0.730. The monoisotopic (exact) mass is 393 g/mol. The molecular weight excluding hydrogens is 385 g/mol. The van der Waals surface area contributed by atoms with Crippen LogP contribution in [-0.4, -0.2) is 0 Å². The summed E-state index contributed by atoms with van der Waals surface area (Å²) in [6.07, 6.45) is 0.828. The van der Waals surface area contributed by atoms with E-state index in [0.717, 1.165) is 20.9 Å². The van der Waals surface area contributed by atoms with Crippen molar-refractivity contribution in [3.8, 4) is 0 Å². The summed E-state index contributed by atoms with van der Waals surface area (Å²) < 4.78 is 2.01. The highest BCUT2D eigenvalue weighted by atomic mass is 79.9. The van der Waals surface area contributed by atoms with Gasteiger partial charge in [0.1, 0.15) is 0 Å². The van der Waals surface area contributed by atoms with E-state index in [4.69, 9.17) is 17.3 Å². The van der Waals surface area contributed by atoms with E-state index in [1.807, 2.05) is 18.2 Å². The SMILES string of the molecule is NC(Cc1cc(Br)cs1)c1ccc(Br)c(Cl)c1. The number of rotatable bonds is 3. The third-order valence-corrected chi connectivity index (χ3v) is 5.37. The van der Waals surface area contributed by atoms with Crippen LogP contribution >= 0.6 is 54.8 Å². The third-order valence-electron chi connectivity index (χ3n) is 2.41. The fourth-order valence-corrected chi connectivity index (χ4v) is 3.49. The summed E-state index contributed by atoms with van der Waals surface area (Å²) in [6.45, 7) is 0. The van der Waals surface area contributed by atoms with Crippen molar-refractivity contribution in [1.82, 2.24) is 0 Å². The van der Waals surface area contributed by atoms with E-state index in [0.29, 0.717) is 5.02 Å². The van der Waals surface area contributed by atoms with Crippen molar-refractivity contribution in [1.29, 1.82) is 0 Å². The molecule has 0 aliphatic heterocycles. The summed E-state index contributed by atoms with van der Waals surface area (Å²) in [4.78, 5) is 1.27. The molecule has 0 bridgehead atoms. The van der Waals surface area contributed by atoms with Gasteiger partial charge in [-0.15, -0.1) is 11.3 Å². The smallest absolute Gasteiger partial charge is 0.0551 e. The highest BCUT2D eigenvalue weighted by molar-refractivity contribution is 9.10. The molecule has 2 rings (SSSR count). The van der Waals surface area contributed by atoms with E-state index < -0.39 is 0 Å². The number of hydrogen-bond acceptors (Lipinski definition) is 2. The first kappa shape index (κ1) is 13.6. The molecule has 1 unspecified atom stereocenters. The van der Waals surface area contributed by atoms with E-state index in [2.05, 4.69) is 43.3 Å². The first-order valence-electron chi connectivity index (χ1n) is 4.99. The van der Waals surface area contributed by atoms with E-state index in [9.17, 15) is 0 Å². The maximum atomic E-state index is 6.17. The Balaban J connectivity index is 2.14. The molecule has 0 radical (unpaired) electrons. The molecule has 0 aliphatic rings. The van der Waals surface area contributed by atoms with Crippen LogP contribution in [0.5, 0.6) is 0 Å². The van der Waals surface area contributed by atoms with Crippen molar-refractivity contribution in [3.05, 3.63) is 54.1 Å². The van der Waals surface area contributed by atoms with E-state index >= 15 is 0 Å². The largest absolute Gasteiger partial charge is 0.324 e. The quantitative estimate of drug-likeness (QED) is 0.762. The molecule has 1 nitrogen and oxygen atoms in total. The number of nitrogens with two attached hydrogens (primary N) is 1. The molecule has 0 amide bonds. The molecule has 0 saturated heterocycles. The minimum absolute atomic E-state index is 0.0221. The van der Waals surface area contributed by atoms with Crippen LogP contribution in [0.15, 0.2) is 38.6 Å². The predicted molar refractivity (Wildman–Crippen MR) is 81.8 cm³/mol. The van der Waals surface area contributed by atoms with Crippen LogP contribution in [0.2, 0.25) is 5.02 Å². The van der Waals surface area contributed by atoms with Crippen LogP contribution in [0.25, 0.3) is 0 Å². The Kier molecular flexibility index (Phi) is 4.66. The normalized spacial score (nSPS) is 12.7. The predicted octanol–water partition coefficient (Wildman–Crippen LogP) is 5.17. The van der Waals surface area contributed by atoms with Gasteiger partial charge in [-0.3, -0.25) is 0 Å². The van der Waals surface area contributed by atoms with Crippen LogP contribution in [-0.2, 0) is 6.42 Å². The number of thiophene rings is 1. The van der Waals surface area contributed by atoms with Crippen molar-refractivity contribution in [2.24, 2.45) is 5.73 Å². The van der Waals surface area contributed by atoms with Gasteiger partial charge in [-0.1, -0.05) is 17.7 Å². The molecule has 0 spiro atoms. The zero-order valence-corrected chi connectivity index (χ0v) is 13.5. The van der Waals surface area contributed by atoms with Crippen LogP contribution in [0.3, 0.4) is 0 Å². The Labute approximate surface area is 126 Å². The van der Waals surface area contributed by atoms with Crippen molar-refractivity contribution < 1.29 is 0 Å². The van der Waals surface area contributed by atoms with E-state index in [1.165, 1.54) is 4.88 Å². The molecule has 2 N–H and O–H groups in total. The van der Waals surface area contributed by atoms with Gasteiger partial charge < -0.3 is 5.73 Å². The van der Waals surface area contributed by atoms with Gasteiger partial charge in [-0.05, 0) is 55.6 Å². The molecular formula is C12H10Br2ClNS. The fourth-order valence-electron chi connectivity index (χ4n) is 1.54. The zero-order chi connectivity index (χ0) is 12.4. The van der Waals surface area contributed by atoms with Crippen LogP contribution in [0.1, 0.15) is 16.5 Å². The molecule has 0 saturated carbocycles. The first-order chi connectivity index (χ1) is 8.06. The van der Waals surface area contributed by atoms with Gasteiger partial charge in [-0.25, -0.2) is 0 Å². The lowest BCUT2D eigenvalue weighted by Crippen LogP contribution is -2.12. The van der Waals surface area contributed by atoms with E-state index in [1.54, 1.807) is 11.3 Å². The highest BCUT2D eigenvalue weighted by Crippen LogP contribution is 2.28. The standard InChI is InChI=1S/C12H10Br2ClNS/c13-8-4-9(17-6-8)5-12(16)7-1-2-10(14)11(15)3-7/h1-4,6,12H,5,16H2. The second-order valence-electron chi connectivity index (χ2n) is 3.72. The van der Waals surface area contributed by atoms with Crippen molar-refractivity contribution in [2.75, 3.05) is 0 Å². The molecule has 1 heterocycles. The minimum atomic E-state index is -0.0221. The second kappa shape index (κ2) is 5.85. The Morgan fingerprint density at radius 2 is 2.06 bits per heavy atom. The lowest BCUT2D eigenvalue weighted by atomic mass is 10.0. The van der Waals surface area contributed by atoms with Gasteiger partial charge >= 0.3 is 0 Å². The van der Waals surface area contributed by atoms with Crippen molar-refractivity contribution in [2.45, 2.75) is 12.5 Å². The minimum Gasteiger partial charge on any atom is -0.324 e. The topological polar surface area (TPSA) is 26.0 Å². The lowest BCUT2D eigenvalue weighted by Gasteiger charge is -2.11. The average molecular weight is 396 g/mol. The number of hydrogen-bond donors (Lipinski definition) is 1. The molecule has 0 aliphatic carbocycles. The molecule has 1 aromatic heterocycles. The van der Waals surface area contributed by atoms with Gasteiger partial charge in [0.05, 0.1) is 5.02 Å². The average Bonchev–Trinajstić information content (AvgIpc) is 2.68. The molecule has 90 valence electrons. The van der Waals surface area contributed by atoms with E-state index in [-0.39, 0.29) is 6.04 Å². The maximum absolute atomic E-state index is 6.17. The molecule has 17 heavy (non-hydrogen) atoms. The summed E-state index contributed by atoms with van der Waals surface area (Å²) in [5.41, 5.74) is 7.23. The summed E-state index contributed by atoms with van der Waals surface area (Å²) in [7, 11) is 0. The molecule has 0 fully saturated rings. The second-order valence-corrected chi connectivity index (χ2v) is 6.89. The summed E-state index contributed by atoms with van der Waals surface area (Å²) in [5, 5.41) is 2.77. The van der Waals surface area contributed by atoms with Gasteiger partial charge in [0, 0.05) is 31.7 Å². The maximum Gasteiger partial charge on any atom is 0.0551 e. The highest BCUT2D eigenvalue weighted by Gasteiger charge is 2.10. The summed E-state index contributed by atoms with van der Waals surface area (Å²) >= 11 is 14.6. The Morgan fingerprint density at radius 1 is 1.29 bits per heavy atom. The fraction of sp³-hybridized carbons (Fsp3) is 0.167. The Hall–Kier alpha value is 0.130. The van der Waals surface area contributed by atoms with Crippen LogP contribution in [0, 0.1) is 0 Å². The van der Waals surface area contributed by atoms with Crippen molar-refractivity contribution in [3.63, 3.8) is 0 Å². The van der Waals surface area contributed by atoms with Gasteiger partial charge in [0.2, 0.25) is 0 Å². The number of halogens is 3. The van der Waals surface area contributed by atoms with Crippen molar-refractivity contribution >= 4 is 54.8 Å². The summed E-state index contributed by atoms with van der Waals surface area (Å²) in [5.74, 6) is 0. The number of benzene rings is 1. The molecule has 1 aromatic carbocycles. The molecule has 2 aromatic rings. The molecule has 1 atom stereocenters. The Bertz CT molecular complexity index is 527. The zero-order valence-electron chi connectivity index (χ0n) is 8.79. The summed E-state index contributed by atoms with van der Waals surface area (Å²) in [6, 6.07) is 7.93. The van der Waals surface area contributed by atoms with Gasteiger partial charge in [-0.2, -0.15) is 0 Å². The Morgan fingerprint density at radius 3 is 2.65 bits per heavy atom. The molecule has 5 heteroatoms. The van der Waals surface area contributed by atoms with Crippen LogP contribution in [0.4, 0.5) is 0 Å².